The van der Waals surface area contributed by atoms with Gasteiger partial charge in [-0.15, -0.1) is 11.3 Å². The summed E-state index contributed by atoms with van der Waals surface area (Å²) in [6.07, 6.45) is 1.78. The van der Waals surface area contributed by atoms with Crippen LogP contribution >= 0.6 is 11.3 Å². The quantitative estimate of drug-likeness (QED) is 0.735. The lowest BCUT2D eigenvalue weighted by Crippen LogP contribution is -2.25. The first-order chi connectivity index (χ1) is 5.38. The third-order valence-corrected chi connectivity index (χ3v) is 2.27. The Balaban J connectivity index is 2.56. The molecule has 1 aromatic heterocycles. The van der Waals surface area contributed by atoms with Gasteiger partial charge in [0.05, 0.1) is 6.61 Å². The van der Waals surface area contributed by atoms with E-state index in [1.54, 1.807) is 17.5 Å². The van der Waals surface area contributed by atoms with Crippen LogP contribution in [0.15, 0.2) is 11.6 Å². The van der Waals surface area contributed by atoms with Crippen molar-refractivity contribution in [1.29, 1.82) is 0 Å². The molecule has 3 nitrogen and oxygen atoms in total. The zero-order valence-corrected chi connectivity index (χ0v) is 7.34. The Hall–Kier alpha value is -0.610. The second-order valence-corrected chi connectivity index (χ2v) is 2.99. The molecular formula is C7H12N2OS. The van der Waals surface area contributed by atoms with Crippen molar-refractivity contribution < 1.29 is 5.11 Å². The number of hydrogen-bond donors (Lipinski definition) is 1. The minimum absolute atomic E-state index is 0.188. The zero-order valence-electron chi connectivity index (χ0n) is 6.53. The second-order valence-electron chi connectivity index (χ2n) is 2.12. The first-order valence-electron chi connectivity index (χ1n) is 3.63. The SMILES string of the molecule is CCN(CCO)c1nccs1. The van der Waals surface area contributed by atoms with E-state index >= 15 is 0 Å². The van der Waals surface area contributed by atoms with E-state index in [-0.39, 0.29) is 6.61 Å². The van der Waals surface area contributed by atoms with Crippen molar-refractivity contribution >= 4 is 16.5 Å². The van der Waals surface area contributed by atoms with E-state index in [1.807, 2.05) is 10.3 Å². The summed E-state index contributed by atoms with van der Waals surface area (Å²) in [7, 11) is 0. The summed E-state index contributed by atoms with van der Waals surface area (Å²) in [6, 6.07) is 0. The van der Waals surface area contributed by atoms with Gasteiger partial charge in [-0.05, 0) is 6.92 Å². The molecule has 11 heavy (non-hydrogen) atoms. The molecule has 0 aliphatic heterocycles. The van der Waals surface area contributed by atoms with Crippen LogP contribution < -0.4 is 4.90 Å². The van der Waals surface area contributed by atoms with Crippen LogP contribution in [0.1, 0.15) is 6.92 Å². The molecule has 0 radical (unpaired) electrons. The highest BCUT2D eigenvalue weighted by molar-refractivity contribution is 7.13. The maximum Gasteiger partial charge on any atom is 0.185 e. The van der Waals surface area contributed by atoms with Crippen molar-refractivity contribution in [3.63, 3.8) is 0 Å². The zero-order chi connectivity index (χ0) is 8.10. The van der Waals surface area contributed by atoms with Gasteiger partial charge < -0.3 is 10.0 Å². The lowest BCUT2D eigenvalue weighted by atomic mass is 10.5. The summed E-state index contributed by atoms with van der Waals surface area (Å²) in [5, 5.41) is 11.6. The first-order valence-corrected chi connectivity index (χ1v) is 4.51. The van der Waals surface area contributed by atoms with Crippen molar-refractivity contribution in [2.75, 3.05) is 24.6 Å². The molecule has 62 valence electrons. The number of thiazole rings is 1. The molecule has 0 unspecified atom stereocenters. The number of hydrogen-bond acceptors (Lipinski definition) is 4. The van der Waals surface area contributed by atoms with Gasteiger partial charge in [-0.1, -0.05) is 0 Å². The third kappa shape index (κ3) is 2.17. The van der Waals surface area contributed by atoms with E-state index in [4.69, 9.17) is 5.11 Å². The van der Waals surface area contributed by atoms with Crippen molar-refractivity contribution in [3.05, 3.63) is 11.6 Å². The van der Waals surface area contributed by atoms with Crippen LogP contribution in [-0.2, 0) is 0 Å². The largest absolute Gasteiger partial charge is 0.395 e. The number of nitrogens with zero attached hydrogens (tertiary/aromatic N) is 2. The van der Waals surface area contributed by atoms with Crippen LogP contribution in [0, 0.1) is 0 Å². The van der Waals surface area contributed by atoms with Gasteiger partial charge in [-0.3, -0.25) is 0 Å². The van der Waals surface area contributed by atoms with E-state index in [9.17, 15) is 0 Å². The maximum absolute atomic E-state index is 8.70. The summed E-state index contributed by atoms with van der Waals surface area (Å²) < 4.78 is 0. The van der Waals surface area contributed by atoms with E-state index in [0.29, 0.717) is 6.54 Å². The van der Waals surface area contributed by atoms with Gasteiger partial charge in [0.2, 0.25) is 0 Å². The molecule has 0 fully saturated rings. The van der Waals surface area contributed by atoms with Crippen LogP contribution in [0.3, 0.4) is 0 Å². The number of rotatable bonds is 4. The molecule has 0 aliphatic rings. The highest BCUT2D eigenvalue weighted by Gasteiger charge is 2.03. The highest BCUT2D eigenvalue weighted by atomic mass is 32.1. The summed E-state index contributed by atoms with van der Waals surface area (Å²) in [5.41, 5.74) is 0. The Morgan fingerprint density at radius 3 is 3.00 bits per heavy atom. The van der Waals surface area contributed by atoms with Gasteiger partial charge in [-0.2, -0.15) is 0 Å². The van der Waals surface area contributed by atoms with Gasteiger partial charge in [-0.25, -0.2) is 4.98 Å². The van der Waals surface area contributed by atoms with E-state index < -0.39 is 0 Å². The van der Waals surface area contributed by atoms with Crippen LogP contribution in [0.2, 0.25) is 0 Å². The Kier molecular flexibility index (Phi) is 3.32. The fourth-order valence-electron chi connectivity index (χ4n) is 0.882. The molecule has 4 heteroatoms. The van der Waals surface area contributed by atoms with Crippen LogP contribution in [0.5, 0.6) is 0 Å². The Morgan fingerprint density at radius 1 is 1.73 bits per heavy atom. The average Bonchev–Trinajstić information content (AvgIpc) is 2.52. The molecule has 0 atom stereocenters. The lowest BCUT2D eigenvalue weighted by molar-refractivity contribution is 0.302. The molecule has 0 spiro atoms. The van der Waals surface area contributed by atoms with Crippen LogP contribution in [0.4, 0.5) is 5.13 Å². The number of aromatic nitrogens is 1. The maximum atomic E-state index is 8.70. The van der Waals surface area contributed by atoms with Crippen molar-refractivity contribution in [2.24, 2.45) is 0 Å². The fraction of sp³-hybridized carbons (Fsp3) is 0.571. The topological polar surface area (TPSA) is 36.4 Å². The summed E-state index contributed by atoms with van der Waals surface area (Å²) in [5.74, 6) is 0. The van der Waals surface area contributed by atoms with Crippen molar-refractivity contribution in [1.82, 2.24) is 4.98 Å². The molecule has 1 heterocycles. The first kappa shape index (κ1) is 8.49. The molecule has 0 aliphatic carbocycles. The Morgan fingerprint density at radius 2 is 2.55 bits per heavy atom. The molecular weight excluding hydrogens is 160 g/mol. The smallest absolute Gasteiger partial charge is 0.185 e. The monoisotopic (exact) mass is 172 g/mol. The third-order valence-electron chi connectivity index (χ3n) is 1.44. The summed E-state index contributed by atoms with van der Waals surface area (Å²) in [4.78, 5) is 6.19. The van der Waals surface area contributed by atoms with Crippen LogP contribution in [-0.4, -0.2) is 29.8 Å². The number of aliphatic hydroxyl groups excluding tert-OH is 1. The minimum Gasteiger partial charge on any atom is -0.395 e. The van der Waals surface area contributed by atoms with E-state index in [2.05, 4.69) is 11.9 Å². The molecule has 0 bridgehead atoms. The van der Waals surface area contributed by atoms with Crippen LogP contribution in [0.25, 0.3) is 0 Å². The fourth-order valence-corrected chi connectivity index (χ4v) is 1.62. The predicted molar refractivity (Wildman–Crippen MR) is 47.1 cm³/mol. The van der Waals surface area contributed by atoms with Gasteiger partial charge in [0.25, 0.3) is 0 Å². The van der Waals surface area contributed by atoms with E-state index in [1.165, 1.54) is 0 Å². The number of anilines is 1. The number of likely N-dealkylation sites (N-methyl/N-ethyl adjacent to an activating group) is 1. The average molecular weight is 172 g/mol. The second kappa shape index (κ2) is 4.31. The van der Waals surface area contributed by atoms with Gasteiger partial charge in [0.15, 0.2) is 5.13 Å². The van der Waals surface area contributed by atoms with Gasteiger partial charge in [0.1, 0.15) is 0 Å². The summed E-state index contributed by atoms with van der Waals surface area (Å²) in [6.45, 7) is 3.81. The minimum atomic E-state index is 0.188. The molecule has 0 aromatic carbocycles. The summed E-state index contributed by atoms with van der Waals surface area (Å²) >= 11 is 1.60. The molecule has 0 saturated heterocycles. The standard InChI is InChI=1S/C7H12N2OS/c1-2-9(4-5-10)7-8-3-6-11-7/h3,6,10H,2,4-5H2,1H3. The van der Waals surface area contributed by atoms with E-state index in [0.717, 1.165) is 11.7 Å². The van der Waals surface area contributed by atoms with Crippen molar-refractivity contribution in [3.8, 4) is 0 Å². The highest BCUT2D eigenvalue weighted by Crippen LogP contribution is 2.15. The van der Waals surface area contributed by atoms with Gasteiger partial charge >= 0.3 is 0 Å². The Labute approximate surface area is 70.3 Å². The molecule has 1 aromatic rings. The van der Waals surface area contributed by atoms with Gasteiger partial charge in [0, 0.05) is 24.7 Å². The molecule has 1 N–H and O–H groups in total. The lowest BCUT2D eigenvalue weighted by Gasteiger charge is -2.17. The molecule has 1 rings (SSSR count). The predicted octanol–water partition coefficient (Wildman–Crippen LogP) is 0.962. The molecule has 0 amide bonds. The molecule has 0 saturated carbocycles. The normalized spacial score (nSPS) is 10.0. The number of aliphatic hydroxyl groups is 1. The Bertz CT molecular complexity index is 188. The van der Waals surface area contributed by atoms with Crippen molar-refractivity contribution in [2.45, 2.75) is 6.92 Å².